The third-order valence-electron chi connectivity index (χ3n) is 6.05. The summed E-state index contributed by atoms with van der Waals surface area (Å²) in [5.41, 5.74) is 10.0. The molecule has 0 fully saturated rings. The summed E-state index contributed by atoms with van der Waals surface area (Å²) in [7, 11) is 3.56. The quantitative estimate of drug-likeness (QED) is 0.0309. The summed E-state index contributed by atoms with van der Waals surface area (Å²) in [5.74, 6) is -1.36. The molecule has 0 aromatic rings. The molecule has 0 aromatic heterocycles. The van der Waals surface area contributed by atoms with E-state index in [-0.39, 0.29) is 26.1 Å². The van der Waals surface area contributed by atoms with Gasteiger partial charge in [0, 0.05) is 47.3 Å². The van der Waals surface area contributed by atoms with Gasteiger partial charge >= 0.3 is 5.97 Å². The molecule has 0 radical (unpaired) electrons. The van der Waals surface area contributed by atoms with E-state index in [2.05, 4.69) is 24.5 Å². The smallest absolute Gasteiger partial charge is 0.320 e. The van der Waals surface area contributed by atoms with E-state index in [4.69, 9.17) is 51.4 Å². The van der Waals surface area contributed by atoms with Gasteiger partial charge in [0.2, 0.25) is 12.3 Å². The molecule has 15 heteroatoms. The molecule has 0 aromatic carbocycles. The minimum atomic E-state index is -0.906. The van der Waals surface area contributed by atoms with Crippen LogP contribution in [0.15, 0.2) is 0 Å². The average molecular weight is 865 g/mol. The summed E-state index contributed by atoms with van der Waals surface area (Å²) in [5, 5.41) is 43.9. The molecule has 0 saturated heterocycles. The van der Waals surface area contributed by atoms with Crippen molar-refractivity contribution in [1.29, 1.82) is 0 Å². The van der Waals surface area contributed by atoms with E-state index in [1.807, 2.05) is 48.3 Å². The first-order valence-electron chi connectivity index (χ1n) is 21.9. The van der Waals surface area contributed by atoms with Crippen LogP contribution in [0.5, 0.6) is 0 Å². The zero-order valence-electron chi connectivity index (χ0n) is 40.8. The number of nitrogens with two attached hydrogens (primary N) is 2. The molecule has 0 aliphatic rings. The first-order chi connectivity index (χ1) is 28.6. The zero-order valence-corrected chi connectivity index (χ0v) is 40.8. The van der Waals surface area contributed by atoms with Crippen molar-refractivity contribution in [1.82, 2.24) is 10.6 Å². The SMILES string of the molecule is C=O.CC.CC.CC.CC=O.CCCCC=O.CCCCCCCCCCCCCCCCNC(CCC(N)=O)C(=O)O.CCO.CNC=O.CO.CO.NCCCO. The van der Waals surface area contributed by atoms with Crippen molar-refractivity contribution in [3.63, 3.8) is 0 Å². The summed E-state index contributed by atoms with van der Waals surface area (Å²) >= 11 is 0. The standard InChI is InChI=1S/C21H42N2O3.C5H10O.C3H9NO.C2H5NO.C2H6O.C2H4O.3C2H6.2CH4O.CH2O/c1-2-3-4-5-6-7-8-9-10-11-12-13-14-15-18-23-19(21(25)26)16-17-20(22)24;1-2-3-4-5-6;4-2-1-3-5;1-3-2-4;2*1-2-3;6*1-2/h19,23H,2-18H2,1H3,(H2,22,24)(H,25,26);5H,2-4H2,1H3;5H,1-4H2;2H,1H3,(H,3,4);3H,2H2,1H3;2H,1H3;3*1-2H3;2*2H,1H3;1H2. The van der Waals surface area contributed by atoms with Gasteiger partial charge in [0.25, 0.3) is 0 Å². The van der Waals surface area contributed by atoms with Gasteiger partial charge in [-0.05, 0) is 52.6 Å². The third-order valence-corrected chi connectivity index (χ3v) is 6.05. The van der Waals surface area contributed by atoms with Gasteiger partial charge in [0.05, 0.1) is 0 Å². The van der Waals surface area contributed by atoms with Crippen LogP contribution in [-0.4, -0.2) is 117 Å². The van der Waals surface area contributed by atoms with Crippen LogP contribution in [0.25, 0.3) is 0 Å². The number of aldehydes is 2. The van der Waals surface area contributed by atoms with Gasteiger partial charge in [-0.1, -0.05) is 145 Å². The lowest BCUT2D eigenvalue weighted by atomic mass is 10.0. The highest BCUT2D eigenvalue weighted by atomic mass is 16.4. The monoisotopic (exact) mass is 865 g/mol. The Hall–Kier alpha value is -2.82. The van der Waals surface area contributed by atoms with Crippen molar-refractivity contribution < 1.29 is 54.3 Å². The number of hydrogen-bond acceptors (Lipinski definition) is 12. The van der Waals surface area contributed by atoms with E-state index in [0.717, 1.165) is 65.3 Å². The number of carboxylic acids is 1. The highest BCUT2D eigenvalue weighted by Gasteiger charge is 2.16. The Bertz CT molecular complexity index is 623. The molecule has 366 valence electrons. The molecule has 0 aliphatic carbocycles. The van der Waals surface area contributed by atoms with Crippen molar-refractivity contribution in [3.8, 4) is 0 Å². The molecular weight excluding hydrogens is 761 g/mol. The lowest BCUT2D eigenvalue weighted by molar-refractivity contribution is -0.139. The van der Waals surface area contributed by atoms with E-state index in [1.165, 1.54) is 84.0 Å². The number of aliphatic hydroxyl groups excluding tert-OH is 4. The molecule has 59 heavy (non-hydrogen) atoms. The summed E-state index contributed by atoms with van der Waals surface area (Å²) in [6, 6.07) is -0.663. The van der Waals surface area contributed by atoms with Crippen LogP contribution in [0.4, 0.5) is 0 Å². The van der Waals surface area contributed by atoms with Crippen LogP contribution in [0, 0.1) is 0 Å². The molecule has 15 nitrogen and oxygen atoms in total. The maximum Gasteiger partial charge on any atom is 0.320 e. The van der Waals surface area contributed by atoms with Gasteiger partial charge < -0.3 is 62.0 Å². The fourth-order valence-corrected chi connectivity index (χ4v) is 3.57. The molecule has 0 saturated carbocycles. The fraction of sp³-hybridized carbons (Fsp3) is 0.864. The van der Waals surface area contributed by atoms with Gasteiger partial charge in [-0.2, -0.15) is 0 Å². The average Bonchev–Trinajstić information content (AvgIpc) is 3.28. The van der Waals surface area contributed by atoms with E-state index < -0.39 is 17.9 Å². The van der Waals surface area contributed by atoms with Crippen LogP contribution >= 0.6 is 0 Å². The van der Waals surface area contributed by atoms with E-state index in [0.29, 0.717) is 19.5 Å². The number of aliphatic hydroxyl groups is 4. The second-order valence-electron chi connectivity index (χ2n) is 10.6. The highest BCUT2D eigenvalue weighted by Crippen LogP contribution is 2.13. The summed E-state index contributed by atoms with van der Waals surface area (Å²) < 4.78 is 0. The minimum absolute atomic E-state index is 0.114. The lowest BCUT2D eigenvalue weighted by Gasteiger charge is -2.13. The van der Waals surface area contributed by atoms with Gasteiger partial charge in [0.15, 0.2) is 0 Å². The Labute approximate surface area is 364 Å². The summed E-state index contributed by atoms with van der Waals surface area (Å²) in [4.78, 5) is 57.2. The molecule has 0 spiro atoms. The minimum Gasteiger partial charge on any atom is -0.480 e. The second kappa shape index (κ2) is 131. The maximum absolute atomic E-state index is 11.1. The number of aliphatic carboxylic acids is 1. The van der Waals surface area contributed by atoms with Crippen molar-refractivity contribution in [2.75, 3.05) is 47.6 Å². The van der Waals surface area contributed by atoms with Crippen molar-refractivity contribution in [2.24, 2.45) is 11.5 Å². The van der Waals surface area contributed by atoms with Crippen molar-refractivity contribution in [3.05, 3.63) is 0 Å². The number of unbranched alkanes of at least 4 members (excludes halogenated alkanes) is 15. The molecule has 1 unspecified atom stereocenters. The summed E-state index contributed by atoms with van der Waals surface area (Å²) in [6.07, 6.45) is 24.7. The number of carbonyl (C=O) groups is 6. The predicted octanol–water partition coefficient (Wildman–Crippen LogP) is 7.16. The van der Waals surface area contributed by atoms with Crippen molar-refractivity contribution >= 4 is 37.6 Å². The number of carboxylic acid groups (broad SMARTS) is 1. The van der Waals surface area contributed by atoms with E-state index in [1.54, 1.807) is 14.0 Å². The molecule has 11 N–H and O–H groups in total. The largest absolute Gasteiger partial charge is 0.480 e. The van der Waals surface area contributed by atoms with Crippen LogP contribution < -0.4 is 22.1 Å². The first-order valence-corrected chi connectivity index (χ1v) is 21.9. The van der Waals surface area contributed by atoms with Crippen molar-refractivity contribution in [2.45, 2.75) is 204 Å². The van der Waals surface area contributed by atoms with Crippen LogP contribution in [-0.2, 0) is 28.8 Å². The molecule has 2 amide bonds. The second-order valence-corrected chi connectivity index (χ2v) is 10.6. The Morgan fingerprint density at radius 2 is 0.966 bits per heavy atom. The van der Waals surface area contributed by atoms with Gasteiger partial charge in [-0.3, -0.25) is 14.4 Å². The Morgan fingerprint density at radius 3 is 1.15 bits per heavy atom. The maximum atomic E-state index is 11.1. The number of hydrogen-bond donors (Lipinski definition) is 9. The Balaban J connectivity index is -0.0000000544. The van der Waals surface area contributed by atoms with Gasteiger partial charge in [-0.25, -0.2) is 0 Å². The normalized spacial score (nSPS) is 8.37. The Kier molecular flexibility index (Phi) is 194. The third kappa shape index (κ3) is 183. The molecule has 0 rings (SSSR count). The number of amides is 2. The summed E-state index contributed by atoms with van der Waals surface area (Å²) in [6.45, 7) is 23.2. The van der Waals surface area contributed by atoms with E-state index >= 15 is 0 Å². The number of primary amides is 1. The lowest BCUT2D eigenvalue weighted by Crippen LogP contribution is -2.38. The zero-order chi connectivity index (χ0) is 49.2. The topological polar surface area (TPSA) is 280 Å². The molecular formula is C44H104N4O11. The van der Waals surface area contributed by atoms with E-state index in [9.17, 15) is 14.4 Å². The molecule has 0 aliphatic heterocycles. The number of nitrogens with one attached hydrogen (secondary N) is 2. The highest BCUT2D eigenvalue weighted by molar-refractivity contribution is 5.77. The number of carbonyl (C=O) groups excluding carboxylic acids is 5. The van der Waals surface area contributed by atoms with Gasteiger partial charge in [0.1, 0.15) is 25.4 Å². The van der Waals surface area contributed by atoms with Crippen LogP contribution in [0.1, 0.15) is 198 Å². The molecule has 1 atom stereocenters. The van der Waals surface area contributed by atoms with Crippen LogP contribution in [0.3, 0.4) is 0 Å². The molecule has 0 bridgehead atoms. The Morgan fingerprint density at radius 1 is 0.661 bits per heavy atom. The number of rotatable bonds is 26. The predicted molar refractivity (Wildman–Crippen MR) is 252 cm³/mol. The van der Waals surface area contributed by atoms with Gasteiger partial charge in [-0.15, -0.1) is 0 Å². The first kappa shape index (κ1) is 87.6. The van der Waals surface area contributed by atoms with Crippen LogP contribution in [0.2, 0.25) is 0 Å². The molecule has 0 heterocycles. The fourth-order valence-electron chi connectivity index (χ4n) is 3.57.